The lowest BCUT2D eigenvalue weighted by atomic mass is 10.1. The largest absolute Gasteiger partial charge is 0.502 e. The standard InChI is InChI=1S/C10H6ClFO4/c11-5-2-1-3-6(12)9(5)7(13)4-8(14)10(15)16/h1-4,14H,(H,15,16)/b8-4+. The third kappa shape index (κ3) is 2.58. The Morgan fingerprint density at radius 3 is 2.44 bits per heavy atom. The second kappa shape index (κ2) is 4.76. The maximum absolute atomic E-state index is 13.2. The molecule has 0 aromatic heterocycles. The number of carbonyl (C=O) groups is 2. The van der Waals surface area contributed by atoms with E-state index in [2.05, 4.69) is 0 Å². The second-order valence-electron chi connectivity index (χ2n) is 2.80. The first kappa shape index (κ1) is 12.2. The van der Waals surface area contributed by atoms with Crippen LogP contribution in [0.1, 0.15) is 10.4 Å². The number of aliphatic hydroxyl groups excluding tert-OH is 1. The van der Waals surface area contributed by atoms with Crippen LogP contribution in [-0.4, -0.2) is 22.0 Å². The van der Waals surface area contributed by atoms with E-state index in [1.54, 1.807) is 0 Å². The number of rotatable bonds is 3. The molecular formula is C10H6ClFO4. The van der Waals surface area contributed by atoms with Crippen molar-refractivity contribution in [1.29, 1.82) is 0 Å². The molecule has 4 nitrogen and oxygen atoms in total. The van der Waals surface area contributed by atoms with Crippen molar-refractivity contribution in [2.75, 3.05) is 0 Å². The average molecular weight is 245 g/mol. The number of hydrogen-bond donors (Lipinski definition) is 2. The van der Waals surface area contributed by atoms with Crippen molar-refractivity contribution < 1.29 is 24.2 Å². The van der Waals surface area contributed by atoms with Gasteiger partial charge in [-0.3, -0.25) is 4.79 Å². The molecule has 0 unspecified atom stereocenters. The number of hydrogen-bond acceptors (Lipinski definition) is 3. The normalized spacial score (nSPS) is 11.2. The van der Waals surface area contributed by atoms with E-state index in [-0.39, 0.29) is 5.02 Å². The zero-order chi connectivity index (χ0) is 12.3. The molecule has 1 aromatic carbocycles. The van der Waals surface area contributed by atoms with Crippen LogP contribution >= 0.6 is 11.6 Å². The van der Waals surface area contributed by atoms with E-state index in [0.717, 1.165) is 6.07 Å². The lowest BCUT2D eigenvalue weighted by Gasteiger charge is -2.01. The van der Waals surface area contributed by atoms with Crippen LogP contribution in [0.2, 0.25) is 5.02 Å². The first-order valence-corrected chi connectivity index (χ1v) is 4.43. The summed E-state index contributed by atoms with van der Waals surface area (Å²) in [6, 6.07) is 3.59. The van der Waals surface area contributed by atoms with Gasteiger partial charge in [-0.05, 0) is 12.1 Å². The molecule has 0 fully saturated rings. The van der Waals surface area contributed by atoms with Gasteiger partial charge >= 0.3 is 5.97 Å². The molecule has 1 aromatic rings. The summed E-state index contributed by atoms with van der Waals surface area (Å²) < 4.78 is 13.2. The van der Waals surface area contributed by atoms with Crippen LogP contribution in [0.3, 0.4) is 0 Å². The van der Waals surface area contributed by atoms with Crippen LogP contribution in [0.5, 0.6) is 0 Å². The van der Waals surface area contributed by atoms with Crippen LogP contribution < -0.4 is 0 Å². The Kier molecular flexibility index (Phi) is 3.63. The SMILES string of the molecule is O=C(O)/C(O)=C\C(=O)c1c(F)cccc1Cl. The summed E-state index contributed by atoms with van der Waals surface area (Å²) in [4.78, 5) is 21.6. The van der Waals surface area contributed by atoms with E-state index in [9.17, 15) is 14.0 Å². The fourth-order valence-electron chi connectivity index (χ4n) is 0.991. The molecule has 1 rings (SSSR count). The zero-order valence-electron chi connectivity index (χ0n) is 7.78. The second-order valence-corrected chi connectivity index (χ2v) is 3.20. The number of carboxylic acids is 1. The third-order valence-corrected chi connectivity index (χ3v) is 2.01. The molecule has 0 aliphatic rings. The maximum atomic E-state index is 13.2. The molecule has 84 valence electrons. The lowest BCUT2D eigenvalue weighted by molar-refractivity contribution is -0.135. The van der Waals surface area contributed by atoms with Crippen molar-refractivity contribution in [3.8, 4) is 0 Å². The molecule has 0 saturated heterocycles. The van der Waals surface area contributed by atoms with Gasteiger partial charge in [0.05, 0.1) is 10.6 Å². The number of carbonyl (C=O) groups excluding carboxylic acids is 1. The third-order valence-electron chi connectivity index (χ3n) is 1.70. The molecule has 0 heterocycles. The monoisotopic (exact) mass is 244 g/mol. The summed E-state index contributed by atoms with van der Waals surface area (Å²) in [6.45, 7) is 0. The highest BCUT2D eigenvalue weighted by molar-refractivity contribution is 6.34. The molecule has 0 bridgehead atoms. The highest BCUT2D eigenvalue weighted by Gasteiger charge is 2.16. The molecule has 0 atom stereocenters. The Morgan fingerprint density at radius 2 is 1.94 bits per heavy atom. The summed E-state index contributed by atoms with van der Waals surface area (Å²) in [5.74, 6) is -4.75. The van der Waals surface area contributed by atoms with Crippen LogP contribution in [0.15, 0.2) is 30.0 Å². The fourth-order valence-corrected chi connectivity index (χ4v) is 1.25. The maximum Gasteiger partial charge on any atom is 0.371 e. The highest BCUT2D eigenvalue weighted by Crippen LogP contribution is 2.20. The molecule has 0 saturated carbocycles. The van der Waals surface area contributed by atoms with E-state index in [4.69, 9.17) is 21.8 Å². The Balaban J connectivity index is 3.16. The molecule has 0 aliphatic carbocycles. The van der Waals surface area contributed by atoms with Crippen molar-refractivity contribution in [2.45, 2.75) is 0 Å². The van der Waals surface area contributed by atoms with E-state index >= 15 is 0 Å². The smallest absolute Gasteiger partial charge is 0.371 e. The average Bonchev–Trinajstić information content (AvgIpc) is 2.16. The highest BCUT2D eigenvalue weighted by atomic mass is 35.5. The molecular weight excluding hydrogens is 239 g/mol. The van der Waals surface area contributed by atoms with Crippen LogP contribution in [0.4, 0.5) is 4.39 Å². The van der Waals surface area contributed by atoms with Crippen LogP contribution in [0, 0.1) is 5.82 Å². The first-order valence-electron chi connectivity index (χ1n) is 4.05. The summed E-state index contributed by atoms with van der Waals surface area (Å²) in [5, 5.41) is 17.0. The predicted octanol–water partition coefficient (Wildman–Crippen LogP) is 2.19. The number of ketones is 1. The van der Waals surface area contributed by atoms with Gasteiger partial charge in [-0.15, -0.1) is 0 Å². The van der Waals surface area contributed by atoms with Gasteiger partial charge in [0.2, 0.25) is 5.76 Å². The van der Waals surface area contributed by atoms with E-state index < -0.39 is 28.9 Å². The first-order chi connectivity index (χ1) is 7.43. The number of halogens is 2. The zero-order valence-corrected chi connectivity index (χ0v) is 8.53. The van der Waals surface area contributed by atoms with Gasteiger partial charge < -0.3 is 10.2 Å². The van der Waals surface area contributed by atoms with E-state index in [1.807, 2.05) is 0 Å². The van der Waals surface area contributed by atoms with Crippen molar-refractivity contribution in [3.05, 3.63) is 46.4 Å². The lowest BCUT2D eigenvalue weighted by Crippen LogP contribution is -2.06. The van der Waals surface area contributed by atoms with Gasteiger partial charge in [0.1, 0.15) is 5.82 Å². The molecule has 0 amide bonds. The Hall–Kier alpha value is -1.88. The molecule has 6 heteroatoms. The summed E-state index contributed by atoms with van der Waals surface area (Å²) in [5.41, 5.74) is -0.475. The molecule has 2 N–H and O–H groups in total. The molecule has 0 aliphatic heterocycles. The van der Waals surface area contributed by atoms with Crippen molar-refractivity contribution in [2.24, 2.45) is 0 Å². The predicted molar refractivity (Wildman–Crippen MR) is 54.1 cm³/mol. The van der Waals surface area contributed by atoms with Crippen LogP contribution in [0.25, 0.3) is 0 Å². The van der Waals surface area contributed by atoms with Gasteiger partial charge in [0.25, 0.3) is 0 Å². The van der Waals surface area contributed by atoms with Gasteiger partial charge in [-0.1, -0.05) is 17.7 Å². The van der Waals surface area contributed by atoms with E-state index in [1.165, 1.54) is 12.1 Å². The number of carboxylic acid groups (broad SMARTS) is 1. The van der Waals surface area contributed by atoms with Gasteiger partial charge in [0, 0.05) is 6.08 Å². The molecule has 16 heavy (non-hydrogen) atoms. The number of benzene rings is 1. The van der Waals surface area contributed by atoms with Crippen molar-refractivity contribution in [3.63, 3.8) is 0 Å². The summed E-state index contributed by atoms with van der Waals surface area (Å²) in [7, 11) is 0. The van der Waals surface area contributed by atoms with Crippen LogP contribution in [-0.2, 0) is 4.79 Å². The van der Waals surface area contributed by atoms with Gasteiger partial charge in [-0.25, -0.2) is 9.18 Å². The van der Waals surface area contributed by atoms with Gasteiger partial charge in [-0.2, -0.15) is 0 Å². The van der Waals surface area contributed by atoms with Gasteiger partial charge in [0.15, 0.2) is 5.78 Å². The number of aliphatic carboxylic acids is 1. The van der Waals surface area contributed by atoms with Crippen molar-refractivity contribution >= 4 is 23.4 Å². The quantitative estimate of drug-likeness (QED) is 0.486. The number of aliphatic hydroxyl groups is 1. The minimum absolute atomic E-state index is 0.153. The van der Waals surface area contributed by atoms with Crippen molar-refractivity contribution in [1.82, 2.24) is 0 Å². The topological polar surface area (TPSA) is 74.6 Å². The minimum Gasteiger partial charge on any atom is -0.502 e. The molecule has 0 spiro atoms. The summed E-state index contributed by atoms with van der Waals surface area (Å²) >= 11 is 5.57. The minimum atomic E-state index is -1.68. The Bertz CT molecular complexity index is 461. The fraction of sp³-hybridized carbons (Fsp3) is 0. The number of allylic oxidation sites excluding steroid dienone is 1. The summed E-state index contributed by atoms with van der Waals surface area (Å²) in [6.07, 6.45) is 0.395. The Morgan fingerprint density at radius 1 is 1.31 bits per heavy atom. The Labute approximate surface area is 94.6 Å². The van der Waals surface area contributed by atoms with E-state index in [0.29, 0.717) is 6.08 Å². The molecule has 0 radical (unpaired) electrons.